The van der Waals surface area contributed by atoms with E-state index in [1.807, 2.05) is 39.0 Å². The van der Waals surface area contributed by atoms with E-state index in [0.29, 0.717) is 25.3 Å². The maximum Gasteiger partial charge on any atom is 0.246 e. The van der Waals surface area contributed by atoms with Gasteiger partial charge in [-0.15, -0.1) is 0 Å². The third-order valence-corrected chi connectivity index (χ3v) is 5.50. The summed E-state index contributed by atoms with van der Waals surface area (Å²) in [5, 5.41) is 2.97. The number of nitrogens with zero attached hydrogens (tertiary/aromatic N) is 1. The van der Waals surface area contributed by atoms with Crippen LogP contribution in [0.15, 0.2) is 18.2 Å². The molecule has 1 aromatic rings. The lowest BCUT2D eigenvalue weighted by Gasteiger charge is -2.51. The summed E-state index contributed by atoms with van der Waals surface area (Å²) in [6.45, 7) is 9.11. The molecule has 0 aromatic heterocycles. The number of hydrogen-bond acceptors (Lipinski definition) is 4. The normalized spacial score (nSPS) is 21.3. The zero-order valence-corrected chi connectivity index (χ0v) is 16.1. The van der Waals surface area contributed by atoms with Gasteiger partial charge in [0, 0.05) is 18.5 Å². The van der Waals surface area contributed by atoms with Gasteiger partial charge < -0.3 is 19.7 Å². The number of nitrogens with one attached hydrogen (secondary N) is 1. The summed E-state index contributed by atoms with van der Waals surface area (Å²) in [5.41, 5.74) is -0.262. The summed E-state index contributed by atoms with van der Waals surface area (Å²) in [6.07, 6.45) is 2.45. The zero-order chi connectivity index (χ0) is 18.9. The molecule has 0 aliphatic carbocycles. The number of fused-ring (bicyclic) bond motifs is 1. The minimum atomic E-state index is -0.765. The van der Waals surface area contributed by atoms with E-state index >= 15 is 0 Å². The van der Waals surface area contributed by atoms with Crippen molar-refractivity contribution in [2.45, 2.75) is 59.0 Å². The monoisotopic (exact) mass is 360 g/mol. The Morgan fingerprint density at radius 3 is 2.65 bits per heavy atom. The summed E-state index contributed by atoms with van der Waals surface area (Å²) in [4.78, 5) is 27.4. The molecule has 142 valence electrons. The van der Waals surface area contributed by atoms with Gasteiger partial charge in [-0.05, 0) is 37.5 Å². The zero-order valence-electron chi connectivity index (χ0n) is 16.1. The maximum atomic E-state index is 12.9. The molecule has 26 heavy (non-hydrogen) atoms. The molecule has 1 fully saturated rings. The molecule has 0 spiro atoms. The molecule has 0 saturated carbocycles. The Balaban J connectivity index is 1.62. The second-order valence-corrected chi connectivity index (χ2v) is 7.98. The fourth-order valence-corrected chi connectivity index (χ4v) is 3.64. The second-order valence-electron chi connectivity index (χ2n) is 7.98. The van der Waals surface area contributed by atoms with Crippen LogP contribution in [0.2, 0.25) is 0 Å². The van der Waals surface area contributed by atoms with Gasteiger partial charge in [0.05, 0.1) is 0 Å². The van der Waals surface area contributed by atoms with E-state index in [0.717, 1.165) is 24.2 Å². The summed E-state index contributed by atoms with van der Waals surface area (Å²) in [7, 11) is 0. The van der Waals surface area contributed by atoms with Gasteiger partial charge in [-0.2, -0.15) is 0 Å². The van der Waals surface area contributed by atoms with Gasteiger partial charge in [0.25, 0.3) is 0 Å². The van der Waals surface area contributed by atoms with Crippen molar-refractivity contribution >= 4 is 11.8 Å². The highest BCUT2D eigenvalue weighted by Gasteiger charge is 2.51. The molecule has 1 saturated heterocycles. The first kappa shape index (κ1) is 18.5. The molecule has 0 radical (unpaired) electrons. The average molecular weight is 360 g/mol. The van der Waals surface area contributed by atoms with E-state index in [4.69, 9.17) is 9.47 Å². The highest BCUT2D eigenvalue weighted by Crippen LogP contribution is 2.37. The van der Waals surface area contributed by atoms with Gasteiger partial charge >= 0.3 is 0 Å². The summed E-state index contributed by atoms with van der Waals surface area (Å²) in [5.74, 6) is 1.37. The topological polar surface area (TPSA) is 67.9 Å². The number of rotatable bonds is 6. The van der Waals surface area contributed by atoms with Crippen molar-refractivity contribution < 1.29 is 19.1 Å². The van der Waals surface area contributed by atoms with Crippen LogP contribution in [0.5, 0.6) is 11.5 Å². The van der Waals surface area contributed by atoms with Crippen LogP contribution >= 0.6 is 0 Å². The van der Waals surface area contributed by atoms with E-state index in [2.05, 4.69) is 12.2 Å². The molecule has 0 bridgehead atoms. The van der Waals surface area contributed by atoms with E-state index in [9.17, 15) is 9.59 Å². The standard InChI is InChI=1S/C20H28N2O4/c1-5-8-19(2,3)18(24)22-10-9-20(22,4)17(23)21-12-14-6-7-15-16(11-14)26-13-25-15/h6-7,11H,5,8-10,12-13H2,1-4H3,(H,21,23). The smallest absolute Gasteiger partial charge is 0.246 e. The first-order valence-electron chi connectivity index (χ1n) is 9.27. The predicted octanol–water partition coefficient (Wildman–Crippen LogP) is 2.85. The molecule has 2 heterocycles. The Labute approximate surface area is 154 Å². The van der Waals surface area contributed by atoms with Crippen LogP contribution in [0.1, 0.15) is 52.5 Å². The number of likely N-dealkylation sites (tertiary alicyclic amines) is 1. The number of amides is 2. The van der Waals surface area contributed by atoms with E-state index in [1.165, 1.54) is 0 Å². The molecule has 6 heteroatoms. The SMILES string of the molecule is CCCC(C)(C)C(=O)N1CCC1(C)C(=O)NCc1ccc2c(c1)OCO2. The number of benzene rings is 1. The molecule has 2 aliphatic rings. The molecule has 1 atom stereocenters. The largest absolute Gasteiger partial charge is 0.454 e. The van der Waals surface area contributed by atoms with Crippen LogP contribution in [-0.2, 0) is 16.1 Å². The van der Waals surface area contributed by atoms with Crippen LogP contribution in [0.4, 0.5) is 0 Å². The number of carbonyl (C=O) groups is 2. The quantitative estimate of drug-likeness (QED) is 0.847. The highest BCUT2D eigenvalue weighted by molar-refractivity contribution is 5.94. The van der Waals surface area contributed by atoms with Crippen molar-refractivity contribution in [1.82, 2.24) is 10.2 Å². The van der Waals surface area contributed by atoms with E-state index in [-0.39, 0.29) is 18.6 Å². The van der Waals surface area contributed by atoms with Crippen molar-refractivity contribution in [2.24, 2.45) is 5.41 Å². The van der Waals surface area contributed by atoms with Crippen LogP contribution in [0.3, 0.4) is 0 Å². The van der Waals surface area contributed by atoms with Gasteiger partial charge in [0.1, 0.15) is 5.54 Å². The Hall–Kier alpha value is -2.24. The fraction of sp³-hybridized carbons (Fsp3) is 0.600. The first-order valence-corrected chi connectivity index (χ1v) is 9.27. The lowest BCUT2D eigenvalue weighted by atomic mass is 9.79. The second kappa shape index (κ2) is 6.82. The average Bonchev–Trinajstić information content (AvgIpc) is 3.05. The van der Waals surface area contributed by atoms with Gasteiger partial charge in [0.15, 0.2) is 11.5 Å². The maximum absolute atomic E-state index is 12.9. The first-order chi connectivity index (χ1) is 12.3. The predicted molar refractivity (Wildman–Crippen MR) is 97.8 cm³/mol. The lowest BCUT2D eigenvalue weighted by molar-refractivity contribution is -0.164. The van der Waals surface area contributed by atoms with Crippen molar-refractivity contribution in [2.75, 3.05) is 13.3 Å². The molecular formula is C20H28N2O4. The molecule has 3 rings (SSSR count). The number of carbonyl (C=O) groups excluding carboxylic acids is 2. The lowest BCUT2D eigenvalue weighted by Crippen LogP contribution is -2.69. The van der Waals surface area contributed by atoms with Gasteiger partial charge in [-0.3, -0.25) is 9.59 Å². The minimum Gasteiger partial charge on any atom is -0.454 e. The van der Waals surface area contributed by atoms with Crippen LogP contribution < -0.4 is 14.8 Å². The minimum absolute atomic E-state index is 0.0614. The van der Waals surface area contributed by atoms with Gasteiger partial charge in [-0.25, -0.2) is 0 Å². The van der Waals surface area contributed by atoms with Crippen molar-refractivity contribution in [3.63, 3.8) is 0 Å². The Kier molecular flexibility index (Phi) is 4.86. The molecule has 2 amide bonds. The fourth-order valence-electron chi connectivity index (χ4n) is 3.64. The number of hydrogen-bond donors (Lipinski definition) is 1. The van der Waals surface area contributed by atoms with Crippen molar-refractivity contribution in [1.29, 1.82) is 0 Å². The van der Waals surface area contributed by atoms with Crippen molar-refractivity contribution in [3.05, 3.63) is 23.8 Å². The van der Waals surface area contributed by atoms with Gasteiger partial charge in [0.2, 0.25) is 18.6 Å². The van der Waals surface area contributed by atoms with Crippen LogP contribution in [0, 0.1) is 5.41 Å². The Bertz CT molecular complexity index is 716. The molecule has 6 nitrogen and oxygen atoms in total. The Morgan fingerprint density at radius 2 is 2.00 bits per heavy atom. The van der Waals surface area contributed by atoms with E-state index in [1.54, 1.807) is 4.90 Å². The third kappa shape index (κ3) is 3.24. The van der Waals surface area contributed by atoms with E-state index < -0.39 is 11.0 Å². The Morgan fingerprint density at radius 1 is 1.27 bits per heavy atom. The van der Waals surface area contributed by atoms with Crippen LogP contribution in [0.25, 0.3) is 0 Å². The summed E-state index contributed by atoms with van der Waals surface area (Å²) in [6, 6.07) is 5.63. The number of ether oxygens (including phenoxy) is 2. The molecule has 2 aliphatic heterocycles. The molecule has 1 unspecified atom stereocenters. The third-order valence-electron chi connectivity index (χ3n) is 5.50. The summed E-state index contributed by atoms with van der Waals surface area (Å²) < 4.78 is 10.7. The highest BCUT2D eigenvalue weighted by atomic mass is 16.7. The van der Waals surface area contributed by atoms with Gasteiger partial charge in [-0.1, -0.05) is 33.3 Å². The van der Waals surface area contributed by atoms with Crippen molar-refractivity contribution in [3.8, 4) is 11.5 Å². The molecule has 1 aromatic carbocycles. The summed E-state index contributed by atoms with van der Waals surface area (Å²) >= 11 is 0. The van der Waals surface area contributed by atoms with Crippen LogP contribution in [-0.4, -0.2) is 35.6 Å². The molecular weight excluding hydrogens is 332 g/mol. The molecule has 1 N–H and O–H groups in total.